The number of hydrogen-bond donors (Lipinski definition) is 3. The van der Waals surface area contributed by atoms with Gasteiger partial charge in [-0.25, -0.2) is 0 Å². The van der Waals surface area contributed by atoms with Crippen molar-refractivity contribution in [3.05, 3.63) is 18.2 Å². The molecule has 7 nitrogen and oxygen atoms in total. The maximum Gasteiger partial charge on any atom is 0.220 e. The van der Waals surface area contributed by atoms with Gasteiger partial charge >= 0.3 is 0 Å². The summed E-state index contributed by atoms with van der Waals surface area (Å²) < 4.78 is 10.9. The number of anilines is 1. The van der Waals surface area contributed by atoms with Crippen molar-refractivity contribution in [1.29, 1.82) is 0 Å². The fourth-order valence-corrected chi connectivity index (χ4v) is 3.45. The molecule has 28 heavy (non-hydrogen) atoms. The molecule has 0 radical (unpaired) electrons. The van der Waals surface area contributed by atoms with E-state index in [4.69, 9.17) is 9.47 Å². The molecular formula is C21H34N4O3. The van der Waals surface area contributed by atoms with E-state index in [0.29, 0.717) is 49.5 Å². The number of nitrogens with zero attached hydrogens (tertiary/aromatic N) is 1. The Labute approximate surface area is 168 Å². The molecule has 1 amide bonds. The van der Waals surface area contributed by atoms with Crippen LogP contribution in [0.15, 0.2) is 23.2 Å². The van der Waals surface area contributed by atoms with Gasteiger partial charge in [0.2, 0.25) is 5.91 Å². The molecule has 0 atom stereocenters. The van der Waals surface area contributed by atoms with E-state index in [9.17, 15) is 4.79 Å². The maximum atomic E-state index is 12.1. The second-order valence-electron chi connectivity index (χ2n) is 6.98. The van der Waals surface area contributed by atoms with Crippen molar-refractivity contribution in [2.75, 3.05) is 39.2 Å². The van der Waals surface area contributed by atoms with Gasteiger partial charge in [-0.3, -0.25) is 9.79 Å². The lowest BCUT2D eigenvalue weighted by Crippen LogP contribution is -2.38. The molecule has 1 aliphatic rings. The molecular weight excluding hydrogens is 356 g/mol. The van der Waals surface area contributed by atoms with Crippen molar-refractivity contribution < 1.29 is 14.3 Å². The van der Waals surface area contributed by atoms with E-state index in [1.54, 1.807) is 14.2 Å². The summed E-state index contributed by atoms with van der Waals surface area (Å²) in [6.07, 6.45) is 6.87. The van der Waals surface area contributed by atoms with Gasteiger partial charge in [-0.15, -0.1) is 0 Å². The lowest BCUT2D eigenvalue weighted by Gasteiger charge is -2.21. The molecule has 3 N–H and O–H groups in total. The Balaban J connectivity index is 1.73. The topological polar surface area (TPSA) is 84.0 Å². The van der Waals surface area contributed by atoms with Crippen LogP contribution in [0.3, 0.4) is 0 Å². The number of rotatable bonds is 9. The number of nitrogens with one attached hydrogen (secondary N) is 3. The molecule has 0 aromatic heterocycles. The standard InChI is InChI=1S/C21H34N4O3/c1-4-28-19-15-17(10-11-18(19)27-3)25-21(22-2)24-13-12-23-20(26)14-16-8-6-5-7-9-16/h10-11,15-16H,4-9,12-14H2,1-3H3,(H,23,26)(H2,22,24,25). The molecule has 156 valence electrons. The first kappa shape index (κ1) is 21.9. The van der Waals surface area contributed by atoms with Crippen LogP contribution in [0.1, 0.15) is 45.4 Å². The zero-order chi connectivity index (χ0) is 20.2. The Morgan fingerprint density at radius 3 is 2.57 bits per heavy atom. The van der Waals surface area contributed by atoms with Gasteiger partial charge in [0.15, 0.2) is 17.5 Å². The summed E-state index contributed by atoms with van der Waals surface area (Å²) in [5, 5.41) is 9.43. The monoisotopic (exact) mass is 390 g/mol. The number of carbonyl (C=O) groups is 1. The number of ether oxygens (including phenoxy) is 2. The largest absolute Gasteiger partial charge is 0.493 e. The molecule has 1 fully saturated rings. The van der Waals surface area contributed by atoms with Crippen LogP contribution in [-0.2, 0) is 4.79 Å². The summed E-state index contributed by atoms with van der Waals surface area (Å²) in [4.78, 5) is 16.3. The molecule has 1 aromatic rings. The Hall–Kier alpha value is -2.44. The third-order valence-electron chi connectivity index (χ3n) is 4.89. The summed E-state index contributed by atoms with van der Waals surface area (Å²) in [5.74, 6) is 2.71. The van der Waals surface area contributed by atoms with Gasteiger partial charge < -0.3 is 25.4 Å². The van der Waals surface area contributed by atoms with Crippen LogP contribution < -0.4 is 25.4 Å². The van der Waals surface area contributed by atoms with Crippen molar-refractivity contribution >= 4 is 17.6 Å². The van der Waals surface area contributed by atoms with Crippen molar-refractivity contribution in [3.63, 3.8) is 0 Å². The molecule has 0 bridgehead atoms. The molecule has 1 saturated carbocycles. The second kappa shape index (κ2) is 12.1. The fraction of sp³-hybridized carbons (Fsp3) is 0.619. The van der Waals surface area contributed by atoms with E-state index in [1.807, 2.05) is 25.1 Å². The third kappa shape index (κ3) is 7.29. The van der Waals surface area contributed by atoms with Gasteiger partial charge in [-0.2, -0.15) is 0 Å². The Morgan fingerprint density at radius 2 is 1.89 bits per heavy atom. The lowest BCUT2D eigenvalue weighted by atomic mass is 9.87. The molecule has 7 heteroatoms. The molecule has 0 heterocycles. The predicted molar refractivity (Wildman–Crippen MR) is 113 cm³/mol. The number of aliphatic imine (C=N–C) groups is 1. The van der Waals surface area contributed by atoms with E-state index >= 15 is 0 Å². The average Bonchev–Trinajstić information content (AvgIpc) is 2.71. The Bertz CT molecular complexity index is 643. The average molecular weight is 391 g/mol. The third-order valence-corrected chi connectivity index (χ3v) is 4.89. The molecule has 0 aliphatic heterocycles. The number of guanidine groups is 1. The van der Waals surface area contributed by atoms with E-state index in [-0.39, 0.29) is 5.91 Å². The van der Waals surface area contributed by atoms with Gasteiger partial charge in [0.25, 0.3) is 0 Å². The van der Waals surface area contributed by atoms with Crippen LogP contribution in [-0.4, -0.2) is 45.7 Å². The summed E-state index contributed by atoms with van der Waals surface area (Å²) in [5.41, 5.74) is 0.846. The van der Waals surface area contributed by atoms with Gasteiger partial charge in [0.05, 0.1) is 13.7 Å². The van der Waals surface area contributed by atoms with Crippen molar-refractivity contribution in [2.45, 2.75) is 45.4 Å². The normalized spacial score (nSPS) is 15.0. The van der Waals surface area contributed by atoms with Crippen LogP contribution >= 0.6 is 0 Å². The van der Waals surface area contributed by atoms with Crippen LogP contribution in [0.5, 0.6) is 11.5 Å². The highest BCUT2D eigenvalue weighted by Crippen LogP contribution is 2.30. The number of benzene rings is 1. The fourth-order valence-electron chi connectivity index (χ4n) is 3.45. The van der Waals surface area contributed by atoms with Gasteiger partial charge in [-0.1, -0.05) is 19.3 Å². The number of hydrogen-bond acceptors (Lipinski definition) is 4. The zero-order valence-electron chi connectivity index (χ0n) is 17.3. The predicted octanol–water partition coefficient (Wildman–Crippen LogP) is 3.17. The van der Waals surface area contributed by atoms with Crippen LogP contribution in [0.2, 0.25) is 0 Å². The molecule has 2 rings (SSSR count). The highest BCUT2D eigenvalue weighted by atomic mass is 16.5. The van der Waals surface area contributed by atoms with Gasteiger partial charge in [0.1, 0.15) is 0 Å². The summed E-state index contributed by atoms with van der Waals surface area (Å²) >= 11 is 0. The van der Waals surface area contributed by atoms with E-state index in [2.05, 4.69) is 20.9 Å². The number of amides is 1. The van der Waals surface area contributed by atoms with E-state index in [0.717, 1.165) is 5.69 Å². The smallest absolute Gasteiger partial charge is 0.220 e. The molecule has 1 aromatic carbocycles. The SMILES string of the molecule is CCOc1cc(NC(=NC)NCCNC(=O)CC2CCCCC2)ccc1OC. The number of methoxy groups -OCH3 is 1. The summed E-state index contributed by atoms with van der Waals surface area (Å²) in [6, 6.07) is 5.63. The first-order valence-corrected chi connectivity index (χ1v) is 10.2. The highest BCUT2D eigenvalue weighted by Gasteiger charge is 2.16. The maximum absolute atomic E-state index is 12.1. The zero-order valence-corrected chi connectivity index (χ0v) is 17.3. The van der Waals surface area contributed by atoms with Crippen LogP contribution in [0.25, 0.3) is 0 Å². The molecule has 1 aliphatic carbocycles. The van der Waals surface area contributed by atoms with E-state index < -0.39 is 0 Å². The van der Waals surface area contributed by atoms with Crippen molar-refractivity contribution in [2.24, 2.45) is 10.9 Å². The van der Waals surface area contributed by atoms with Crippen LogP contribution in [0.4, 0.5) is 5.69 Å². The first-order valence-electron chi connectivity index (χ1n) is 10.2. The molecule has 0 unspecified atom stereocenters. The molecule has 0 saturated heterocycles. The quantitative estimate of drug-likeness (QED) is 0.343. The van der Waals surface area contributed by atoms with E-state index in [1.165, 1.54) is 32.1 Å². The van der Waals surface area contributed by atoms with Gasteiger partial charge in [0, 0.05) is 38.3 Å². The van der Waals surface area contributed by atoms with Crippen molar-refractivity contribution in [3.8, 4) is 11.5 Å². The molecule has 0 spiro atoms. The Kier molecular flexibility index (Phi) is 9.45. The first-order chi connectivity index (χ1) is 13.7. The minimum atomic E-state index is 0.146. The minimum absolute atomic E-state index is 0.146. The van der Waals surface area contributed by atoms with Crippen molar-refractivity contribution in [1.82, 2.24) is 10.6 Å². The Morgan fingerprint density at radius 1 is 1.14 bits per heavy atom. The highest BCUT2D eigenvalue weighted by molar-refractivity contribution is 5.93. The number of carbonyl (C=O) groups excluding carboxylic acids is 1. The van der Waals surface area contributed by atoms with Crippen LogP contribution in [0, 0.1) is 5.92 Å². The second-order valence-corrected chi connectivity index (χ2v) is 6.98. The summed E-state index contributed by atoms with van der Waals surface area (Å²) in [6.45, 7) is 3.67. The van der Waals surface area contributed by atoms with Gasteiger partial charge in [-0.05, 0) is 37.8 Å². The summed E-state index contributed by atoms with van der Waals surface area (Å²) in [7, 11) is 3.33. The lowest BCUT2D eigenvalue weighted by molar-refractivity contribution is -0.122. The minimum Gasteiger partial charge on any atom is -0.493 e.